The van der Waals surface area contributed by atoms with E-state index >= 15 is 0 Å². The number of benzene rings is 2. The van der Waals surface area contributed by atoms with Crippen LogP contribution in [0.1, 0.15) is 31.2 Å². The van der Waals surface area contributed by atoms with E-state index in [9.17, 15) is 4.79 Å². The Morgan fingerprint density at radius 3 is 1.96 bits per heavy atom. The Balaban J connectivity index is 1.20. The number of nitrogens with zero attached hydrogens (tertiary/aromatic N) is 5. The molecular formula is C35H38Cl2N8O3. The number of methoxy groups -OCH3 is 2. The molecule has 1 atom stereocenters. The van der Waals surface area contributed by atoms with E-state index in [4.69, 9.17) is 42.6 Å². The van der Waals surface area contributed by atoms with Gasteiger partial charge in [0.15, 0.2) is 0 Å². The first kappa shape index (κ1) is 33.6. The average molecular weight is 690 g/mol. The number of carbonyl (C=O) groups is 1. The predicted molar refractivity (Wildman–Crippen MR) is 187 cm³/mol. The number of rotatable bonds is 12. The molecule has 0 aliphatic carbocycles. The standard InChI is InChI=1S/C35H38Cl2N8O3/c1-20-11-12-22(42-20)13-38-14-30-34(47-3)43-28(15-40-30)26-9-5-7-24(32(26)36)25-8-6-10-27(33(25)37)29-16-41-31(35(44-29)48-4)17-39-23-18-45(19-23)21(2)46/h5-10,15-16,22-23,38-39,42H,1,11-14,17-19H2,2-4H3/t22-/m0/s1. The molecule has 2 saturated heterocycles. The molecule has 2 aromatic carbocycles. The molecule has 13 heteroatoms. The third-order valence-corrected chi connectivity index (χ3v) is 9.43. The summed E-state index contributed by atoms with van der Waals surface area (Å²) in [5.41, 5.74) is 6.46. The van der Waals surface area contributed by atoms with Gasteiger partial charge in [-0.2, -0.15) is 0 Å². The van der Waals surface area contributed by atoms with Gasteiger partial charge in [0.2, 0.25) is 17.7 Å². The van der Waals surface area contributed by atoms with Crippen LogP contribution >= 0.6 is 23.2 Å². The number of hydrogen-bond donors (Lipinski definition) is 3. The number of aromatic nitrogens is 4. The summed E-state index contributed by atoms with van der Waals surface area (Å²) in [6.45, 7) is 8.70. The molecule has 1 amide bonds. The number of nitrogens with one attached hydrogen (secondary N) is 3. The highest BCUT2D eigenvalue weighted by atomic mass is 35.5. The third kappa shape index (κ3) is 7.24. The second kappa shape index (κ2) is 14.9. The van der Waals surface area contributed by atoms with Gasteiger partial charge in [-0.15, -0.1) is 0 Å². The first-order valence-electron chi connectivity index (χ1n) is 15.8. The second-order valence-corrected chi connectivity index (χ2v) is 12.6. The maximum atomic E-state index is 11.5. The zero-order valence-corrected chi connectivity index (χ0v) is 28.7. The first-order valence-corrected chi connectivity index (χ1v) is 16.5. The Hall–Kier alpha value is -4.29. The minimum absolute atomic E-state index is 0.0772. The number of ether oxygens (including phenoxy) is 2. The molecule has 3 N–H and O–H groups in total. The van der Waals surface area contributed by atoms with Gasteiger partial charge in [-0.3, -0.25) is 14.8 Å². The van der Waals surface area contributed by atoms with E-state index < -0.39 is 0 Å². The van der Waals surface area contributed by atoms with Crippen molar-refractivity contribution in [3.8, 4) is 45.4 Å². The molecule has 0 saturated carbocycles. The molecule has 4 heterocycles. The van der Waals surface area contributed by atoms with Gasteiger partial charge >= 0.3 is 0 Å². The Labute approximate surface area is 290 Å². The first-order chi connectivity index (χ1) is 23.2. The number of likely N-dealkylation sites (tertiary alicyclic amines) is 1. The van der Waals surface area contributed by atoms with Gasteiger partial charge in [-0.25, -0.2) is 9.97 Å². The Bertz CT molecular complexity index is 1830. The number of allylic oxidation sites excluding steroid dienone is 1. The number of halogens is 2. The van der Waals surface area contributed by atoms with Gasteiger partial charge in [-0.05, 0) is 12.8 Å². The van der Waals surface area contributed by atoms with Crippen LogP contribution in [0.15, 0.2) is 61.1 Å². The van der Waals surface area contributed by atoms with E-state index in [1.54, 1.807) is 38.4 Å². The van der Waals surface area contributed by atoms with Gasteiger partial charge in [0, 0.05) is 79.7 Å². The van der Waals surface area contributed by atoms with Gasteiger partial charge < -0.3 is 30.3 Å². The highest BCUT2D eigenvalue weighted by Gasteiger charge is 2.28. The van der Waals surface area contributed by atoms with Crippen LogP contribution in [0.2, 0.25) is 10.0 Å². The predicted octanol–water partition coefficient (Wildman–Crippen LogP) is 5.27. The van der Waals surface area contributed by atoms with Crippen molar-refractivity contribution in [3.63, 3.8) is 0 Å². The highest BCUT2D eigenvalue weighted by molar-refractivity contribution is 6.39. The zero-order valence-electron chi connectivity index (χ0n) is 27.1. The molecule has 0 radical (unpaired) electrons. The van der Waals surface area contributed by atoms with Gasteiger partial charge in [-0.1, -0.05) is 66.2 Å². The monoisotopic (exact) mass is 688 g/mol. The van der Waals surface area contributed by atoms with Crippen LogP contribution in [0.3, 0.4) is 0 Å². The van der Waals surface area contributed by atoms with Crippen LogP contribution in [0.4, 0.5) is 0 Å². The van der Waals surface area contributed by atoms with E-state index in [1.165, 1.54) is 0 Å². The quantitative estimate of drug-likeness (QED) is 0.181. The third-order valence-electron chi connectivity index (χ3n) is 8.62. The molecule has 2 aliphatic rings. The second-order valence-electron chi connectivity index (χ2n) is 11.9. The average Bonchev–Trinajstić information content (AvgIpc) is 3.49. The van der Waals surface area contributed by atoms with Gasteiger partial charge in [0.1, 0.15) is 11.4 Å². The van der Waals surface area contributed by atoms with E-state index in [2.05, 4.69) is 32.5 Å². The molecule has 0 bridgehead atoms. The maximum Gasteiger partial charge on any atom is 0.237 e. The number of carbonyl (C=O) groups excluding carboxylic acids is 1. The van der Waals surface area contributed by atoms with Crippen LogP contribution in [-0.2, 0) is 17.9 Å². The fourth-order valence-electron chi connectivity index (χ4n) is 5.90. The van der Waals surface area contributed by atoms with E-state index in [0.717, 1.165) is 36.2 Å². The van der Waals surface area contributed by atoms with Crippen LogP contribution in [0, 0.1) is 0 Å². The van der Waals surface area contributed by atoms with Crippen LogP contribution in [-0.4, -0.2) is 76.7 Å². The van der Waals surface area contributed by atoms with Crippen molar-refractivity contribution in [2.75, 3.05) is 33.9 Å². The van der Waals surface area contributed by atoms with E-state index in [1.807, 2.05) is 36.4 Å². The summed E-state index contributed by atoms with van der Waals surface area (Å²) in [6.07, 6.45) is 5.45. The lowest BCUT2D eigenvalue weighted by Crippen LogP contribution is -2.59. The minimum atomic E-state index is 0.0772. The van der Waals surface area contributed by atoms with Crippen LogP contribution < -0.4 is 25.4 Å². The van der Waals surface area contributed by atoms with Crippen molar-refractivity contribution in [1.82, 2.24) is 40.8 Å². The SMILES string of the molecule is C=C1CC[C@@H](CNCc2ncc(-c3cccc(-c4cccc(-c5cnc(CNC6CN(C(C)=O)C6)c(OC)n5)c4Cl)c3Cl)nc2OC)N1. The summed E-state index contributed by atoms with van der Waals surface area (Å²) < 4.78 is 11.2. The lowest BCUT2D eigenvalue weighted by molar-refractivity contribution is -0.133. The lowest BCUT2D eigenvalue weighted by Gasteiger charge is -2.39. The molecule has 0 spiro atoms. The van der Waals surface area contributed by atoms with E-state index in [-0.39, 0.29) is 11.9 Å². The fourth-order valence-corrected chi connectivity index (χ4v) is 6.55. The molecule has 2 aliphatic heterocycles. The summed E-state index contributed by atoms with van der Waals surface area (Å²) in [4.78, 5) is 32.1. The molecule has 4 aromatic rings. The zero-order chi connectivity index (χ0) is 33.8. The van der Waals surface area contributed by atoms with E-state index in [0.29, 0.717) is 87.9 Å². The molecule has 11 nitrogen and oxygen atoms in total. The maximum absolute atomic E-state index is 11.5. The molecule has 2 fully saturated rings. The molecule has 0 unspecified atom stereocenters. The Morgan fingerprint density at radius 2 is 1.46 bits per heavy atom. The Morgan fingerprint density at radius 1 is 0.917 bits per heavy atom. The van der Waals surface area contributed by atoms with Crippen molar-refractivity contribution in [3.05, 3.63) is 82.5 Å². The number of amides is 1. The van der Waals surface area contributed by atoms with Gasteiger partial charge in [0.05, 0.1) is 48.0 Å². The molecule has 2 aromatic heterocycles. The van der Waals surface area contributed by atoms with Gasteiger partial charge in [0.25, 0.3) is 0 Å². The van der Waals surface area contributed by atoms with Crippen molar-refractivity contribution < 1.29 is 14.3 Å². The molecule has 250 valence electrons. The number of hydrogen-bond acceptors (Lipinski definition) is 10. The molecule has 6 rings (SSSR count). The molecule has 48 heavy (non-hydrogen) atoms. The normalized spacial score (nSPS) is 16.1. The summed E-state index contributed by atoms with van der Waals surface area (Å²) in [5.74, 6) is 0.909. The Kier molecular flexibility index (Phi) is 10.4. The highest BCUT2D eigenvalue weighted by Crippen LogP contribution is 2.42. The van der Waals surface area contributed by atoms with Crippen molar-refractivity contribution in [2.24, 2.45) is 0 Å². The van der Waals surface area contributed by atoms with Crippen LogP contribution in [0.5, 0.6) is 11.8 Å². The van der Waals surface area contributed by atoms with Crippen molar-refractivity contribution in [1.29, 1.82) is 0 Å². The minimum Gasteiger partial charge on any atom is -0.480 e. The topological polar surface area (TPSA) is 126 Å². The summed E-state index contributed by atoms with van der Waals surface area (Å²) in [5, 5.41) is 11.2. The van der Waals surface area contributed by atoms with Crippen molar-refractivity contribution in [2.45, 2.75) is 44.9 Å². The fraction of sp³-hybridized carbons (Fsp3) is 0.343. The lowest BCUT2D eigenvalue weighted by atomic mass is 9.98. The van der Waals surface area contributed by atoms with Crippen molar-refractivity contribution >= 4 is 29.1 Å². The van der Waals surface area contributed by atoms with Crippen LogP contribution in [0.25, 0.3) is 33.6 Å². The summed E-state index contributed by atoms with van der Waals surface area (Å²) in [7, 11) is 3.15. The largest absolute Gasteiger partial charge is 0.480 e. The summed E-state index contributed by atoms with van der Waals surface area (Å²) in [6, 6.07) is 12.0. The molecular weight excluding hydrogens is 651 g/mol. The summed E-state index contributed by atoms with van der Waals surface area (Å²) >= 11 is 14.1. The smallest absolute Gasteiger partial charge is 0.237 e.